The molecule has 37 heavy (non-hydrogen) atoms. The van der Waals surface area contributed by atoms with Crippen LogP contribution in [0.3, 0.4) is 0 Å². The monoisotopic (exact) mass is 527 g/mol. The van der Waals surface area contributed by atoms with Crippen molar-refractivity contribution >= 4 is 22.0 Å². The fourth-order valence-electron chi connectivity index (χ4n) is 4.38. The van der Waals surface area contributed by atoms with Gasteiger partial charge in [0.1, 0.15) is 5.75 Å². The van der Waals surface area contributed by atoms with E-state index < -0.39 is 33.3 Å². The predicted octanol–water partition coefficient (Wildman–Crippen LogP) is 3.11. The van der Waals surface area contributed by atoms with Gasteiger partial charge in [-0.3, -0.25) is 14.2 Å². The van der Waals surface area contributed by atoms with Crippen molar-refractivity contribution in [3.8, 4) is 16.9 Å². The highest BCUT2D eigenvalue weighted by molar-refractivity contribution is 7.85. The van der Waals surface area contributed by atoms with Crippen LogP contribution >= 0.6 is 0 Å². The van der Waals surface area contributed by atoms with Gasteiger partial charge in [0, 0.05) is 14.2 Å². The summed E-state index contributed by atoms with van der Waals surface area (Å²) in [7, 11) is -0.0406. The Bertz CT molecular complexity index is 1480. The van der Waals surface area contributed by atoms with E-state index in [1.807, 2.05) is 6.07 Å². The molecule has 1 aliphatic rings. The molecule has 0 spiro atoms. The van der Waals surface area contributed by atoms with Gasteiger partial charge < -0.3 is 15.2 Å². The lowest BCUT2D eigenvalue weighted by Crippen LogP contribution is -2.41. The van der Waals surface area contributed by atoms with E-state index in [2.05, 4.69) is 4.99 Å². The summed E-state index contributed by atoms with van der Waals surface area (Å²) in [6, 6.07) is 18.1. The quantitative estimate of drug-likeness (QED) is 0.430. The number of carbonyl (C=O) groups is 1. The van der Waals surface area contributed by atoms with Crippen LogP contribution in [0.2, 0.25) is 0 Å². The van der Waals surface area contributed by atoms with Gasteiger partial charge in [0.05, 0.1) is 13.2 Å². The summed E-state index contributed by atoms with van der Waals surface area (Å²) in [6.45, 7) is 0. The summed E-state index contributed by atoms with van der Waals surface area (Å²) in [6.07, 6.45) is -0.910. The maximum absolute atomic E-state index is 14.0. The molecule has 1 heterocycles. The number of methoxy groups -OCH3 is 2. The van der Waals surface area contributed by atoms with Gasteiger partial charge in [-0.05, 0) is 46.0 Å². The summed E-state index contributed by atoms with van der Waals surface area (Å²) in [5.74, 6) is -1.38. The summed E-state index contributed by atoms with van der Waals surface area (Å²) in [4.78, 5) is 19.5. The maximum Gasteiger partial charge on any atom is 0.267 e. The van der Waals surface area contributed by atoms with E-state index >= 15 is 0 Å². The van der Waals surface area contributed by atoms with Gasteiger partial charge in [-0.25, -0.2) is 9.38 Å². The van der Waals surface area contributed by atoms with Gasteiger partial charge in [0.2, 0.25) is 0 Å². The third kappa shape index (κ3) is 4.93. The van der Waals surface area contributed by atoms with E-state index in [1.165, 1.54) is 32.2 Å². The Labute approximate surface area is 214 Å². The number of nitrogens with zero attached hydrogens (tertiary/aromatic N) is 2. The third-order valence-corrected chi connectivity index (χ3v) is 7.08. The average molecular weight is 528 g/mol. The van der Waals surface area contributed by atoms with Gasteiger partial charge in [0.15, 0.2) is 23.1 Å². The van der Waals surface area contributed by atoms with E-state index in [0.29, 0.717) is 27.8 Å². The summed E-state index contributed by atoms with van der Waals surface area (Å²) >= 11 is 0. The van der Waals surface area contributed by atoms with Crippen molar-refractivity contribution in [2.45, 2.75) is 11.6 Å². The van der Waals surface area contributed by atoms with Crippen LogP contribution in [0.25, 0.3) is 11.1 Å². The zero-order chi connectivity index (χ0) is 27.0. The molecular weight excluding hydrogens is 501 g/mol. The summed E-state index contributed by atoms with van der Waals surface area (Å²) in [5.41, 5.74) is 7.45. The standard InChI is InChI=1S/C26H26FN3O6S/c1-30-24(31)26(29-25(30)28,19-10-7-16(8-11-19)23(36-3)15-37(32,33)34)20-6-4-5-17(13-20)18-9-12-21(27)22(14-18)35-2/h4-14,23H,15H2,1-3H3,(H2,28,29)(H,32,33,34). The largest absolute Gasteiger partial charge is 0.494 e. The number of hydrogen-bond donors (Lipinski definition) is 2. The van der Waals surface area contributed by atoms with Crippen LogP contribution in [0.1, 0.15) is 22.8 Å². The number of amides is 1. The van der Waals surface area contributed by atoms with Crippen LogP contribution in [-0.4, -0.2) is 56.8 Å². The van der Waals surface area contributed by atoms with Gasteiger partial charge in [-0.2, -0.15) is 8.42 Å². The lowest BCUT2D eigenvalue weighted by atomic mass is 9.81. The molecule has 2 unspecified atom stereocenters. The van der Waals surface area contributed by atoms with Crippen molar-refractivity contribution in [2.24, 2.45) is 10.7 Å². The van der Waals surface area contributed by atoms with Crippen molar-refractivity contribution in [1.82, 2.24) is 4.90 Å². The van der Waals surface area contributed by atoms with Crippen molar-refractivity contribution in [3.05, 3.63) is 89.2 Å². The number of hydrogen-bond acceptors (Lipinski definition) is 7. The van der Waals surface area contributed by atoms with Crippen molar-refractivity contribution < 1.29 is 31.6 Å². The molecule has 3 aromatic carbocycles. The lowest BCUT2D eigenvalue weighted by molar-refractivity contribution is -0.129. The van der Waals surface area contributed by atoms with Crippen LogP contribution in [-0.2, 0) is 25.2 Å². The van der Waals surface area contributed by atoms with Crippen LogP contribution in [0.15, 0.2) is 71.7 Å². The minimum absolute atomic E-state index is 0.0315. The first-order valence-corrected chi connectivity index (χ1v) is 12.8. The second-order valence-corrected chi connectivity index (χ2v) is 10.1. The Hall–Kier alpha value is -3.80. The van der Waals surface area contributed by atoms with E-state index in [9.17, 15) is 22.2 Å². The van der Waals surface area contributed by atoms with E-state index in [0.717, 1.165) is 0 Å². The number of likely N-dealkylation sites (N-methyl/N-ethyl adjacent to an activating group) is 1. The highest BCUT2D eigenvalue weighted by atomic mass is 32.2. The van der Waals surface area contributed by atoms with Crippen molar-refractivity contribution in [1.29, 1.82) is 0 Å². The predicted molar refractivity (Wildman–Crippen MR) is 136 cm³/mol. The Morgan fingerprint density at radius 2 is 1.73 bits per heavy atom. The SMILES string of the molecule is COc1cc(-c2cccc(C3(c4ccc(C(CS(=O)(=O)O)OC)cc4)N=C(N)N(C)C3=O)c2)ccc1F. The molecule has 3 aromatic rings. The normalized spacial score (nSPS) is 18.6. The number of rotatable bonds is 8. The molecule has 0 aromatic heterocycles. The van der Waals surface area contributed by atoms with Crippen LogP contribution in [0.4, 0.5) is 4.39 Å². The van der Waals surface area contributed by atoms with Gasteiger partial charge in [-0.1, -0.05) is 48.5 Å². The highest BCUT2D eigenvalue weighted by Crippen LogP contribution is 2.41. The number of aliphatic imine (C=N–C) groups is 1. The summed E-state index contributed by atoms with van der Waals surface area (Å²) < 4.78 is 56.3. The van der Waals surface area contributed by atoms with Gasteiger partial charge >= 0.3 is 0 Å². The number of nitrogens with two attached hydrogens (primary N) is 1. The molecule has 1 amide bonds. The molecule has 0 bridgehead atoms. The van der Waals surface area contributed by atoms with Gasteiger partial charge in [0.25, 0.3) is 16.0 Å². The number of halogens is 1. The maximum atomic E-state index is 14.0. The molecule has 0 fully saturated rings. The number of guanidine groups is 1. The highest BCUT2D eigenvalue weighted by Gasteiger charge is 2.49. The minimum atomic E-state index is -4.28. The number of carbonyl (C=O) groups excluding carboxylic acids is 1. The molecule has 1 aliphatic heterocycles. The average Bonchev–Trinajstić information content (AvgIpc) is 3.12. The molecule has 0 radical (unpaired) electrons. The van der Waals surface area contributed by atoms with E-state index in [1.54, 1.807) is 54.6 Å². The fourth-order valence-corrected chi connectivity index (χ4v) is 5.09. The molecule has 11 heteroatoms. The zero-order valence-corrected chi connectivity index (χ0v) is 21.2. The smallest absolute Gasteiger partial charge is 0.267 e. The molecule has 4 rings (SSSR count). The molecule has 9 nitrogen and oxygen atoms in total. The van der Waals surface area contributed by atoms with Crippen LogP contribution in [0, 0.1) is 5.82 Å². The first kappa shape index (κ1) is 26.3. The first-order valence-electron chi connectivity index (χ1n) is 11.2. The number of ether oxygens (including phenoxy) is 2. The zero-order valence-electron chi connectivity index (χ0n) is 20.4. The van der Waals surface area contributed by atoms with Crippen molar-refractivity contribution in [2.75, 3.05) is 27.0 Å². The molecule has 3 N–H and O–H groups in total. The van der Waals surface area contributed by atoms with Crippen LogP contribution < -0.4 is 10.5 Å². The lowest BCUT2D eigenvalue weighted by Gasteiger charge is -2.27. The first-order chi connectivity index (χ1) is 17.5. The molecule has 0 saturated carbocycles. The van der Waals surface area contributed by atoms with Gasteiger partial charge in [-0.15, -0.1) is 0 Å². The second-order valence-electron chi connectivity index (χ2n) is 8.57. The molecular formula is C26H26FN3O6S. The molecule has 194 valence electrons. The minimum Gasteiger partial charge on any atom is -0.494 e. The molecule has 2 atom stereocenters. The second kappa shape index (κ2) is 9.92. The Morgan fingerprint density at radius 3 is 2.30 bits per heavy atom. The topological polar surface area (TPSA) is 132 Å². The van der Waals surface area contributed by atoms with Crippen molar-refractivity contribution in [3.63, 3.8) is 0 Å². The van der Waals surface area contributed by atoms with Crippen LogP contribution in [0.5, 0.6) is 5.75 Å². The third-order valence-electron chi connectivity index (χ3n) is 6.35. The Morgan fingerprint density at radius 1 is 1.05 bits per heavy atom. The number of benzene rings is 3. The molecule has 0 saturated heterocycles. The fraction of sp³-hybridized carbons (Fsp3) is 0.231. The van der Waals surface area contributed by atoms with E-state index in [-0.39, 0.29) is 17.6 Å². The van der Waals surface area contributed by atoms with E-state index in [4.69, 9.17) is 15.2 Å². The Balaban J connectivity index is 1.83. The molecule has 0 aliphatic carbocycles. The Kier molecular flexibility index (Phi) is 7.05. The summed E-state index contributed by atoms with van der Waals surface area (Å²) in [5, 5.41) is 0.